The van der Waals surface area contributed by atoms with E-state index in [1.54, 1.807) is 24.4 Å². The number of carbonyl (C=O) groups is 1. The van der Waals surface area contributed by atoms with Gasteiger partial charge in [-0.2, -0.15) is 5.10 Å². The van der Waals surface area contributed by atoms with Crippen LogP contribution in [0.15, 0.2) is 30.9 Å². The molecule has 98 valence electrons. The molecule has 1 aromatic carbocycles. The zero-order valence-corrected chi connectivity index (χ0v) is 11.1. The van der Waals surface area contributed by atoms with E-state index in [1.807, 2.05) is 0 Å². The molecule has 0 fully saturated rings. The van der Waals surface area contributed by atoms with Crippen molar-refractivity contribution in [3.8, 4) is 0 Å². The van der Waals surface area contributed by atoms with E-state index in [0.29, 0.717) is 21.2 Å². The molecular formula is C12H9Cl2N3O2. The number of carboxylic acid groups (broad SMARTS) is 1. The molecule has 2 aromatic rings. The lowest BCUT2D eigenvalue weighted by atomic mass is 10.0. The van der Waals surface area contributed by atoms with E-state index in [4.69, 9.17) is 28.3 Å². The molecule has 19 heavy (non-hydrogen) atoms. The highest BCUT2D eigenvalue weighted by Gasteiger charge is 2.11. The van der Waals surface area contributed by atoms with Gasteiger partial charge in [-0.1, -0.05) is 29.3 Å². The average molecular weight is 298 g/mol. The first-order valence-electron chi connectivity index (χ1n) is 5.28. The van der Waals surface area contributed by atoms with Gasteiger partial charge in [0.1, 0.15) is 12.7 Å². The Kier molecular flexibility index (Phi) is 4.19. The summed E-state index contributed by atoms with van der Waals surface area (Å²) in [7, 11) is 0. The number of hydrogen-bond donors (Lipinski definition) is 1. The largest absolute Gasteiger partial charge is 0.481 e. The van der Waals surface area contributed by atoms with Gasteiger partial charge in [0.2, 0.25) is 0 Å². The molecule has 0 saturated carbocycles. The molecule has 0 amide bonds. The topological polar surface area (TPSA) is 68.0 Å². The van der Waals surface area contributed by atoms with Crippen molar-refractivity contribution in [1.82, 2.24) is 14.8 Å². The minimum absolute atomic E-state index is 0.179. The van der Waals surface area contributed by atoms with Crippen molar-refractivity contribution in [3.63, 3.8) is 0 Å². The minimum atomic E-state index is -0.961. The fraction of sp³-hybridized carbons (Fsp3) is 0.0833. The Balaban J connectivity index is 2.45. The summed E-state index contributed by atoms with van der Waals surface area (Å²) in [5.74, 6) is -0.961. The standard InChI is InChI=1S/C12H9Cl2N3O2/c13-9-1-2-10(11(14)4-9)8(3-12(18)19)5-17-7-15-6-16-17/h1-2,4-7H,3H2,(H,18,19). The van der Waals surface area contributed by atoms with Gasteiger partial charge in [-0.25, -0.2) is 9.67 Å². The van der Waals surface area contributed by atoms with E-state index in [2.05, 4.69) is 10.1 Å². The first kappa shape index (κ1) is 13.6. The molecular weight excluding hydrogens is 289 g/mol. The van der Waals surface area contributed by atoms with E-state index < -0.39 is 5.97 Å². The van der Waals surface area contributed by atoms with Gasteiger partial charge in [-0.05, 0) is 23.3 Å². The smallest absolute Gasteiger partial charge is 0.307 e. The summed E-state index contributed by atoms with van der Waals surface area (Å²) in [5.41, 5.74) is 1.11. The zero-order valence-electron chi connectivity index (χ0n) is 9.62. The van der Waals surface area contributed by atoms with Gasteiger partial charge < -0.3 is 5.11 Å². The van der Waals surface area contributed by atoms with Crippen molar-refractivity contribution in [2.75, 3.05) is 0 Å². The molecule has 5 nitrogen and oxygen atoms in total. The van der Waals surface area contributed by atoms with Crippen LogP contribution in [0.3, 0.4) is 0 Å². The maximum Gasteiger partial charge on any atom is 0.307 e. The van der Waals surface area contributed by atoms with Crippen LogP contribution in [-0.2, 0) is 4.79 Å². The van der Waals surface area contributed by atoms with Gasteiger partial charge in [0, 0.05) is 16.2 Å². The molecule has 0 saturated heterocycles. The number of benzene rings is 1. The molecule has 0 unspecified atom stereocenters. The predicted molar refractivity (Wildman–Crippen MR) is 72.9 cm³/mol. The lowest BCUT2D eigenvalue weighted by Crippen LogP contribution is -2.00. The van der Waals surface area contributed by atoms with Gasteiger partial charge >= 0.3 is 5.97 Å². The van der Waals surface area contributed by atoms with Crippen molar-refractivity contribution in [3.05, 3.63) is 46.5 Å². The lowest BCUT2D eigenvalue weighted by Gasteiger charge is -2.08. The van der Waals surface area contributed by atoms with Crippen LogP contribution in [0.2, 0.25) is 10.0 Å². The normalized spacial score (nSPS) is 11.6. The Morgan fingerprint density at radius 1 is 1.42 bits per heavy atom. The number of nitrogens with zero attached hydrogens (tertiary/aromatic N) is 3. The zero-order chi connectivity index (χ0) is 13.8. The third-order valence-electron chi connectivity index (χ3n) is 2.34. The Morgan fingerprint density at radius 2 is 2.21 bits per heavy atom. The number of carboxylic acids is 1. The van der Waals surface area contributed by atoms with Crippen LogP contribution in [0.1, 0.15) is 12.0 Å². The van der Waals surface area contributed by atoms with Gasteiger partial charge in [0.25, 0.3) is 0 Å². The predicted octanol–water partition coefficient (Wildman–Crippen LogP) is 3.06. The first-order chi connectivity index (χ1) is 9.06. The third-order valence-corrected chi connectivity index (χ3v) is 2.89. The van der Waals surface area contributed by atoms with E-state index in [-0.39, 0.29) is 6.42 Å². The molecule has 2 rings (SSSR count). The van der Waals surface area contributed by atoms with Crippen LogP contribution in [0.5, 0.6) is 0 Å². The lowest BCUT2D eigenvalue weighted by molar-refractivity contribution is -0.135. The maximum absolute atomic E-state index is 10.9. The van der Waals surface area contributed by atoms with E-state index >= 15 is 0 Å². The Hall–Kier alpha value is -1.85. The van der Waals surface area contributed by atoms with Crippen molar-refractivity contribution in [2.24, 2.45) is 0 Å². The number of halogens is 2. The maximum atomic E-state index is 10.9. The fourth-order valence-corrected chi connectivity index (χ4v) is 2.10. The molecule has 0 radical (unpaired) electrons. The number of aliphatic carboxylic acids is 1. The van der Waals surface area contributed by atoms with Gasteiger partial charge in [-0.3, -0.25) is 4.79 Å². The van der Waals surface area contributed by atoms with Crippen LogP contribution in [0.4, 0.5) is 0 Å². The number of hydrogen-bond acceptors (Lipinski definition) is 3. The molecule has 0 bridgehead atoms. The number of aromatic nitrogens is 3. The summed E-state index contributed by atoms with van der Waals surface area (Å²) < 4.78 is 1.42. The van der Waals surface area contributed by atoms with Crippen LogP contribution in [0.25, 0.3) is 11.8 Å². The quantitative estimate of drug-likeness (QED) is 0.942. The summed E-state index contributed by atoms with van der Waals surface area (Å²) >= 11 is 11.9. The third kappa shape index (κ3) is 3.56. The highest BCUT2D eigenvalue weighted by molar-refractivity contribution is 6.35. The van der Waals surface area contributed by atoms with E-state index in [1.165, 1.54) is 17.3 Å². The molecule has 0 atom stereocenters. The highest BCUT2D eigenvalue weighted by Crippen LogP contribution is 2.29. The Labute approximate surface area is 119 Å². The molecule has 1 heterocycles. The Morgan fingerprint density at radius 3 is 2.79 bits per heavy atom. The Bertz CT molecular complexity index is 624. The second-order valence-electron chi connectivity index (χ2n) is 3.72. The molecule has 0 spiro atoms. The van der Waals surface area contributed by atoms with Gasteiger partial charge in [-0.15, -0.1) is 0 Å². The highest BCUT2D eigenvalue weighted by atomic mass is 35.5. The van der Waals surface area contributed by atoms with Gasteiger partial charge in [0.05, 0.1) is 6.42 Å². The molecule has 1 N–H and O–H groups in total. The van der Waals surface area contributed by atoms with Gasteiger partial charge in [0.15, 0.2) is 0 Å². The fourth-order valence-electron chi connectivity index (χ4n) is 1.57. The van der Waals surface area contributed by atoms with Crippen molar-refractivity contribution >= 4 is 40.9 Å². The number of rotatable bonds is 4. The van der Waals surface area contributed by atoms with E-state index in [0.717, 1.165) is 0 Å². The summed E-state index contributed by atoms with van der Waals surface area (Å²) in [5, 5.41) is 13.7. The van der Waals surface area contributed by atoms with Crippen LogP contribution >= 0.6 is 23.2 Å². The summed E-state index contributed by atoms with van der Waals surface area (Å²) in [6.07, 6.45) is 4.21. The summed E-state index contributed by atoms with van der Waals surface area (Å²) in [6.45, 7) is 0. The van der Waals surface area contributed by atoms with E-state index in [9.17, 15) is 4.79 Å². The van der Waals surface area contributed by atoms with Crippen molar-refractivity contribution < 1.29 is 9.90 Å². The average Bonchev–Trinajstić information content (AvgIpc) is 2.80. The molecule has 1 aromatic heterocycles. The summed E-state index contributed by atoms with van der Waals surface area (Å²) in [6, 6.07) is 4.89. The minimum Gasteiger partial charge on any atom is -0.481 e. The molecule has 0 aliphatic carbocycles. The summed E-state index contributed by atoms with van der Waals surface area (Å²) in [4.78, 5) is 14.7. The molecule has 7 heteroatoms. The van der Waals surface area contributed by atoms with Crippen LogP contribution in [-0.4, -0.2) is 25.8 Å². The SMILES string of the molecule is O=C(O)CC(=Cn1cncn1)c1ccc(Cl)cc1Cl. The van der Waals surface area contributed by atoms with Crippen molar-refractivity contribution in [2.45, 2.75) is 6.42 Å². The monoisotopic (exact) mass is 297 g/mol. The van der Waals surface area contributed by atoms with Crippen LogP contribution in [0, 0.1) is 0 Å². The van der Waals surface area contributed by atoms with Crippen molar-refractivity contribution in [1.29, 1.82) is 0 Å². The first-order valence-corrected chi connectivity index (χ1v) is 6.04. The van der Waals surface area contributed by atoms with Crippen LogP contribution < -0.4 is 0 Å². The molecule has 0 aliphatic heterocycles. The second kappa shape index (κ2) is 5.86. The second-order valence-corrected chi connectivity index (χ2v) is 4.57. The molecule has 0 aliphatic rings.